The van der Waals surface area contributed by atoms with E-state index in [0.29, 0.717) is 18.0 Å². The average molecular weight is 393 g/mol. The van der Waals surface area contributed by atoms with E-state index in [1.54, 1.807) is 24.3 Å². The lowest BCUT2D eigenvalue weighted by atomic mass is 10.2. The fourth-order valence-corrected chi connectivity index (χ4v) is 2.32. The highest BCUT2D eigenvalue weighted by molar-refractivity contribution is 6.31. The molecule has 27 heavy (non-hydrogen) atoms. The van der Waals surface area contributed by atoms with E-state index in [0.717, 1.165) is 6.07 Å². The number of nitro benzene ring substituents is 1. The molecule has 0 aliphatic rings. The first kappa shape index (κ1) is 20.2. The van der Waals surface area contributed by atoms with Gasteiger partial charge in [0.05, 0.1) is 11.5 Å². The van der Waals surface area contributed by atoms with Crippen molar-refractivity contribution in [2.45, 2.75) is 20.0 Å². The zero-order chi connectivity index (χ0) is 20.0. The maximum atomic E-state index is 12.2. The number of benzene rings is 2. The fraction of sp³-hybridized carbons (Fsp3) is 0.222. The van der Waals surface area contributed by atoms with Crippen LogP contribution in [0.5, 0.6) is 5.75 Å². The molecule has 2 aromatic rings. The summed E-state index contributed by atoms with van der Waals surface area (Å²) in [5.74, 6) is -0.915. The first-order valence-electron chi connectivity index (χ1n) is 8.00. The van der Waals surface area contributed by atoms with Crippen LogP contribution in [0.25, 0.3) is 0 Å². The normalized spacial score (nSPS) is 11.4. The van der Waals surface area contributed by atoms with Crippen LogP contribution in [-0.4, -0.2) is 29.5 Å². The Morgan fingerprint density at radius 2 is 1.89 bits per heavy atom. The first-order valence-corrected chi connectivity index (χ1v) is 8.38. The standard InChI is InChI=1S/C18H17ClN2O6/c1-3-26-14-7-5-13(6-8-14)20-17(22)11(2)27-18(23)15-9-4-12(19)10-16(15)21(24)25/h4-11H,3H2,1-2H3,(H,20,22). The summed E-state index contributed by atoms with van der Waals surface area (Å²) in [5.41, 5.74) is -0.291. The van der Waals surface area contributed by atoms with Crippen molar-refractivity contribution in [1.29, 1.82) is 0 Å². The molecule has 1 amide bonds. The maximum absolute atomic E-state index is 12.2. The van der Waals surface area contributed by atoms with Gasteiger partial charge in [0.2, 0.25) is 0 Å². The quantitative estimate of drug-likeness (QED) is 0.436. The summed E-state index contributed by atoms with van der Waals surface area (Å²) in [6.07, 6.45) is -1.17. The number of ether oxygens (including phenoxy) is 2. The van der Waals surface area contributed by atoms with Crippen LogP contribution < -0.4 is 10.1 Å². The van der Waals surface area contributed by atoms with Crippen molar-refractivity contribution in [3.63, 3.8) is 0 Å². The summed E-state index contributed by atoms with van der Waals surface area (Å²) >= 11 is 5.71. The second-order valence-electron chi connectivity index (χ2n) is 5.41. The lowest BCUT2D eigenvalue weighted by molar-refractivity contribution is -0.385. The Balaban J connectivity index is 2.03. The van der Waals surface area contributed by atoms with Gasteiger partial charge in [-0.3, -0.25) is 14.9 Å². The number of amides is 1. The van der Waals surface area contributed by atoms with Gasteiger partial charge in [-0.1, -0.05) is 11.6 Å². The van der Waals surface area contributed by atoms with Gasteiger partial charge in [-0.2, -0.15) is 0 Å². The molecule has 0 aliphatic heterocycles. The van der Waals surface area contributed by atoms with Gasteiger partial charge in [0.15, 0.2) is 6.10 Å². The Kier molecular flexibility index (Phi) is 6.73. The van der Waals surface area contributed by atoms with Gasteiger partial charge in [-0.05, 0) is 50.2 Å². The first-order chi connectivity index (χ1) is 12.8. The van der Waals surface area contributed by atoms with Crippen LogP contribution in [0.15, 0.2) is 42.5 Å². The number of nitrogens with one attached hydrogen (secondary N) is 1. The molecule has 142 valence electrons. The molecule has 0 fully saturated rings. The number of nitro groups is 1. The third-order valence-corrected chi connectivity index (χ3v) is 3.70. The molecule has 1 N–H and O–H groups in total. The van der Waals surface area contributed by atoms with Crippen molar-refractivity contribution in [1.82, 2.24) is 0 Å². The Hall–Kier alpha value is -3.13. The smallest absolute Gasteiger partial charge is 0.345 e. The number of hydrogen-bond donors (Lipinski definition) is 1. The molecule has 0 spiro atoms. The lowest BCUT2D eigenvalue weighted by Gasteiger charge is -2.14. The molecule has 9 heteroatoms. The topological polar surface area (TPSA) is 108 Å². The van der Waals surface area contributed by atoms with Crippen LogP contribution >= 0.6 is 11.6 Å². The van der Waals surface area contributed by atoms with E-state index in [4.69, 9.17) is 21.1 Å². The summed E-state index contributed by atoms with van der Waals surface area (Å²) in [5, 5.41) is 13.8. The number of hydrogen-bond acceptors (Lipinski definition) is 6. The predicted molar refractivity (Wildman–Crippen MR) is 99.2 cm³/mol. The highest BCUT2D eigenvalue weighted by atomic mass is 35.5. The molecule has 0 saturated carbocycles. The van der Waals surface area contributed by atoms with E-state index in [2.05, 4.69) is 5.32 Å². The van der Waals surface area contributed by atoms with Gasteiger partial charge in [-0.15, -0.1) is 0 Å². The molecule has 0 heterocycles. The molecular weight excluding hydrogens is 376 g/mol. The third-order valence-electron chi connectivity index (χ3n) is 3.46. The van der Waals surface area contributed by atoms with E-state index >= 15 is 0 Å². The Morgan fingerprint density at radius 3 is 2.48 bits per heavy atom. The highest BCUT2D eigenvalue weighted by Gasteiger charge is 2.25. The van der Waals surface area contributed by atoms with Gasteiger partial charge in [-0.25, -0.2) is 4.79 Å². The van der Waals surface area contributed by atoms with Crippen molar-refractivity contribution in [3.8, 4) is 5.75 Å². The van der Waals surface area contributed by atoms with Crippen molar-refractivity contribution in [2.24, 2.45) is 0 Å². The van der Waals surface area contributed by atoms with Crippen LogP contribution in [0.2, 0.25) is 5.02 Å². The third kappa shape index (κ3) is 5.42. The molecule has 0 bridgehead atoms. The van der Waals surface area contributed by atoms with Crippen LogP contribution in [0.1, 0.15) is 24.2 Å². The molecule has 0 aliphatic carbocycles. The van der Waals surface area contributed by atoms with Gasteiger partial charge >= 0.3 is 5.97 Å². The van der Waals surface area contributed by atoms with Crippen molar-refractivity contribution in [2.75, 3.05) is 11.9 Å². The molecule has 2 aromatic carbocycles. The number of carbonyl (C=O) groups is 2. The summed E-state index contributed by atoms with van der Waals surface area (Å²) < 4.78 is 10.3. The average Bonchev–Trinajstić information content (AvgIpc) is 2.63. The zero-order valence-electron chi connectivity index (χ0n) is 14.6. The lowest BCUT2D eigenvalue weighted by Crippen LogP contribution is -2.30. The SMILES string of the molecule is CCOc1ccc(NC(=O)C(C)OC(=O)c2ccc(Cl)cc2[N+](=O)[O-])cc1. The van der Waals surface area contributed by atoms with Crippen molar-refractivity contribution < 1.29 is 24.0 Å². The van der Waals surface area contributed by atoms with Crippen LogP contribution in [0.3, 0.4) is 0 Å². The number of carbonyl (C=O) groups excluding carboxylic acids is 2. The highest BCUT2D eigenvalue weighted by Crippen LogP contribution is 2.24. The molecule has 2 rings (SSSR count). The number of nitrogens with zero attached hydrogens (tertiary/aromatic N) is 1. The maximum Gasteiger partial charge on any atom is 0.345 e. The van der Waals surface area contributed by atoms with Gasteiger partial charge in [0.1, 0.15) is 11.3 Å². The Labute approximate surface area is 160 Å². The monoisotopic (exact) mass is 392 g/mol. The van der Waals surface area contributed by atoms with Gasteiger partial charge < -0.3 is 14.8 Å². The van der Waals surface area contributed by atoms with Crippen molar-refractivity contribution >= 4 is 34.9 Å². The fourth-order valence-electron chi connectivity index (χ4n) is 2.15. The number of rotatable bonds is 7. The molecular formula is C18H17ClN2O6. The van der Waals surface area contributed by atoms with Crippen LogP contribution in [-0.2, 0) is 9.53 Å². The van der Waals surface area contributed by atoms with Gasteiger partial charge in [0, 0.05) is 16.8 Å². The van der Waals surface area contributed by atoms with E-state index in [1.165, 1.54) is 19.1 Å². The van der Waals surface area contributed by atoms with E-state index in [1.807, 2.05) is 6.92 Å². The predicted octanol–water partition coefficient (Wildman–Crippen LogP) is 3.83. The summed E-state index contributed by atoms with van der Waals surface area (Å²) in [6.45, 7) is 3.75. The minimum atomic E-state index is -1.17. The zero-order valence-corrected chi connectivity index (χ0v) is 15.4. The molecule has 8 nitrogen and oxygen atoms in total. The molecule has 1 unspecified atom stereocenters. The van der Waals surface area contributed by atoms with E-state index in [9.17, 15) is 19.7 Å². The number of esters is 1. The van der Waals surface area contributed by atoms with E-state index in [-0.39, 0.29) is 10.6 Å². The molecule has 0 aromatic heterocycles. The summed E-state index contributed by atoms with van der Waals surface area (Å²) in [6, 6.07) is 10.2. The Morgan fingerprint density at radius 1 is 1.22 bits per heavy atom. The van der Waals surface area contributed by atoms with Gasteiger partial charge in [0.25, 0.3) is 11.6 Å². The minimum absolute atomic E-state index is 0.111. The van der Waals surface area contributed by atoms with Crippen molar-refractivity contribution in [3.05, 3.63) is 63.2 Å². The molecule has 1 atom stereocenters. The second-order valence-corrected chi connectivity index (χ2v) is 5.85. The second kappa shape index (κ2) is 9.00. The van der Waals surface area contributed by atoms with Crippen LogP contribution in [0.4, 0.5) is 11.4 Å². The minimum Gasteiger partial charge on any atom is -0.494 e. The summed E-state index contributed by atoms with van der Waals surface area (Å²) in [7, 11) is 0. The number of halogens is 1. The van der Waals surface area contributed by atoms with Crippen LogP contribution in [0, 0.1) is 10.1 Å². The van der Waals surface area contributed by atoms with E-state index < -0.39 is 28.6 Å². The molecule has 0 radical (unpaired) electrons. The molecule has 0 saturated heterocycles. The Bertz CT molecular complexity index is 853. The largest absolute Gasteiger partial charge is 0.494 e. The number of anilines is 1. The summed E-state index contributed by atoms with van der Waals surface area (Å²) in [4.78, 5) is 34.7.